The third kappa shape index (κ3) is 2.96. The summed E-state index contributed by atoms with van der Waals surface area (Å²) >= 11 is 5.77. The first kappa shape index (κ1) is 12.3. The lowest BCUT2D eigenvalue weighted by Crippen LogP contribution is -2.43. The molecular weight excluding hydrogens is 245 g/mol. The van der Waals surface area contributed by atoms with Crippen molar-refractivity contribution in [2.24, 2.45) is 5.92 Å². The molecule has 92 valence electrons. The van der Waals surface area contributed by atoms with Crippen molar-refractivity contribution in [3.8, 4) is 0 Å². The monoisotopic (exact) mass is 257 g/mol. The van der Waals surface area contributed by atoms with E-state index in [0.29, 0.717) is 30.0 Å². The summed E-state index contributed by atoms with van der Waals surface area (Å²) in [5.74, 6) is -1.30. The van der Waals surface area contributed by atoms with Crippen molar-refractivity contribution in [2.75, 3.05) is 0 Å². The molecule has 1 fully saturated rings. The number of nitrogens with one attached hydrogen (secondary N) is 1. The second kappa shape index (κ2) is 5.02. The van der Waals surface area contributed by atoms with Crippen LogP contribution >= 0.6 is 11.6 Å². The van der Waals surface area contributed by atoms with Crippen LogP contribution in [0.15, 0.2) is 18.2 Å². The van der Waals surface area contributed by atoms with Gasteiger partial charge in [0.15, 0.2) is 0 Å². The highest BCUT2D eigenvalue weighted by Gasteiger charge is 2.33. The van der Waals surface area contributed by atoms with E-state index >= 15 is 0 Å². The van der Waals surface area contributed by atoms with Crippen LogP contribution in [0.25, 0.3) is 0 Å². The van der Waals surface area contributed by atoms with Gasteiger partial charge in [0.25, 0.3) is 0 Å². The first-order chi connectivity index (χ1) is 8.06. The number of hydrogen-bond acceptors (Lipinski definition) is 2. The lowest BCUT2D eigenvalue weighted by Gasteiger charge is -2.33. The van der Waals surface area contributed by atoms with E-state index in [0.717, 1.165) is 0 Å². The molecule has 0 spiro atoms. The first-order valence-corrected chi connectivity index (χ1v) is 5.84. The zero-order chi connectivity index (χ0) is 12.4. The van der Waals surface area contributed by atoms with E-state index in [1.165, 1.54) is 12.1 Å². The Morgan fingerprint density at radius 1 is 1.53 bits per heavy atom. The van der Waals surface area contributed by atoms with E-state index in [4.69, 9.17) is 16.7 Å². The number of rotatable bonds is 4. The van der Waals surface area contributed by atoms with Crippen LogP contribution in [0, 0.1) is 11.7 Å². The van der Waals surface area contributed by atoms with Gasteiger partial charge in [-0.2, -0.15) is 0 Å². The Balaban J connectivity index is 1.83. The zero-order valence-corrected chi connectivity index (χ0v) is 9.88. The average Bonchev–Trinajstić information content (AvgIpc) is 2.20. The molecule has 0 aliphatic heterocycles. The SMILES string of the molecule is O=C(O)C1CC(NCc2cc(Cl)ccc2F)C1. The average molecular weight is 258 g/mol. The second-order valence-electron chi connectivity index (χ2n) is 4.32. The Labute approximate surface area is 104 Å². The number of hydrogen-bond donors (Lipinski definition) is 2. The van der Waals surface area contributed by atoms with Gasteiger partial charge in [-0.15, -0.1) is 0 Å². The summed E-state index contributed by atoms with van der Waals surface area (Å²) in [6.45, 7) is 0.378. The highest BCUT2D eigenvalue weighted by molar-refractivity contribution is 6.30. The third-order valence-corrected chi connectivity index (χ3v) is 3.31. The second-order valence-corrected chi connectivity index (χ2v) is 4.76. The number of halogens is 2. The number of carboxylic acids is 1. The van der Waals surface area contributed by atoms with Crippen LogP contribution in [0.3, 0.4) is 0 Å². The van der Waals surface area contributed by atoms with Gasteiger partial charge in [-0.05, 0) is 31.0 Å². The van der Waals surface area contributed by atoms with E-state index in [1.54, 1.807) is 6.07 Å². The number of carboxylic acid groups (broad SMARTS) is 1. The Morgan fingerprint density at radius 2 is 2.24 bits per heavy atom. The van der Waals surface area contributed by atoms with Crippen molar-refractivity contribution in [3.05, 3.63) is 34.6 Å². The highest BCUT2D eigenvalue weighted by Crippen LogP contribution is 2.27. The minimum absolute atomic E-state index is 0.162. The van der Waals surface area contributed by atoms with Gasteiger partial charge in [0.2, 0.25) is 0 Å². The fraction of sp³-hybridized carbons (Fsp3) is 0.417. The minimum atomic E-state index is -0.753. The van der Waals surface area contributed by atoms with Crippen LogP contribution in [-0.2, 0) is 11.3 Å². The Hall–Kier alpha value is -1.13. The van der Waals surface area contributed by atoms with Crippen molar-refractivity contribution >= 4 is 17.6 Å². The van der Waals surface area contributed by atoms with Crippen molar-refractivity contribution in [1.82, 2.24) is 5.32 Å². The van der Waals surface area contributed by atoms with Crippen molar-refractivity contribution in [2.45, 2.75) is 25.4 Å². The Morgan fingerprint density at radius 3 is 2.88 bits per heavy atom. The van der Waals surface area contributed by atoms with Crippen molar-refractivity contribution in [1.29, 1.82) is 0 Å². The predicted molar refractivity (Wildman–Crippen MR) is 62.4 cm³/mol. The quantitative estimate of drug-likeness (QED) is 0.871. The molecule has 3 nitrogen and oxygen atoms in total. The number of carbonyl (C=O) groups is 1. The summed E-state index contributed by atoms with van der Waals surface area (Å²) in [5, 5.41) is 12.3. The molecule has 0 saturated heterocycles. The van der Waals surface area contributed by atoms with Crippen molar-refractivity contribution < 1.29 is 14.3 Å². The summed E-state index contributed by atoms with van der Waals surface area (Å²) < 4.78 is 13.4. The van der Waals surface area contributed by atoms with Crippen LogP contribution in [0.4, 0.5) is 4.39 Å². The maximum atomic E-state index is 13.4. The van der Waals surface area contributed by atoms with E-state index in [1.807, 2.05) is 0 Å². The van der Waals surface area contributed by atoms with Crippen LogP contribution in [-0.4, -0.2) is 17.1 Å². The van der Waals surface area contributed by atoms with E-state index in [2.05, 4.69) is 5.32 Å². The van der Waals surface area contributed by atoms with E-state index < -0.39 is 5.97 Å². The molecule has 0 radical (unpaired) electrons. The van der Waals surface area contributed by atoms with Crippen LogP contribution in [0.2, 0.25) is 5.02 Å². The molecule has 0 amide bonds. The smallest absolute Gasteiger partial charge is 0.306 e. The number of benzene rings is 1. The van der Waals surface area contributed by atoms with Gasteiger partial charge in [-0.25, -0.2) is 4.39 Å². The summed E-state index contributed by atoms with van der Waals surface area (Å²) in [5.41, 5.74) is 0.510. The molecule has 0 atom stereocenters. The van der Waals surface area contributed by atoms with Gasteiger partial charge in [-0.1, -0.05) is 11.6 Å². The van der Waals surface area contributed by atoms with Crippen molar-refractivity contribution in [3.63, 3.8) is 0 Å². The Kier molecular flexibility index (Phi) is 3.64. The van der Waals surface area contributed by atoms with Gasteiger partial charge in [0.05, 0.1) is 5.92 Å². The van der Waals surface area contributed by atoms with Gasteiger partial charge < -0.3 is 10.4 Å². The maximum Gasteiger partial charge on any atom is 0.306 e. The molecule has 1 saturated carbocycles. The molecule has 0 aromatic heterocycles. The fourth-order valence-corrected chi connectivity index (χ4v) is 2.11. The standard InChI is InChI=1S/C12H13ClFNO2/c13-9-1-2-11(14)8(3-9)6-15-10-4-7(5-10)12(16)17/h1-3,7,10,15H,4-6H2,(H,16,17). The topological polar surface area (TPSA) is 49.3 Å². The molecule has 1 aliphatic carbocycles. The lowest BCUT2D eigenvalue weighted by molar-refractivity contribution is -0.145. The molecule has 5 heteroatoms. The summed E-state index contributed by atoms with van der Waals surface area (Å²) in [6, 6.07) is 4.58. The molecule has 0 heterocycles. The molecule has 2 rings (SSSR count). The maximum absolute atomic E-state index is 13.4. The molecule has 0 unspecified atom stereocenters. The molecule has 1 aliphatic rings. The minimum Gasteiger partial charge on any atom is -0.481 e. The van der Waals surface area contributed by atoms with Gasteiger partial charge >= 0.3 is 5.97 Å². The third-order valence-electron chi connectivity index (χ3n) is 3.08. The fourth-order valence-electron chi connectivity index (χ4n) is 1.92. The normalized spacial score (nSPS) is 23.2. The summed E-state index contributed by atoms with van der Waals surface area (Å²) in [7, 11) is 0. The van der Waals surface area contributed by atoms with Crippen LogP contribution in [0.1, 0.15) is 18.4 Å². The molecule has 17 heavy (non-hydrogen) atoms. The van der Waals surface area contributed by atoms with E-state index in [9.17, 15) is 9.18 Å². The lowest BCUT2D eigenvalue weighted by atomic mass is 9.80. The zero-order valence-electron chi connectivity index (χ0n) is 9.12. The largest absolute Gasteiger partial charge is 0.481 e. The van der Waals surface area contributed by atoms with Gasteiger partial charge in [0, 0.05) is 23.2 Å². The van der Waals surface area contributed by atoms with Crippen LogP contribution in [0.5, 0.6) is 0 Å². The van der Waals surface area contributed by atoms with Gasteiger partial charge in [-0.3, -0.25) is 4.79 Å². The van der Waals surface area contributed by atoms with Gasteiger partial charge in [0.1, 0.15) is 5.82 Å². The highest BCUT2D eigenvalue weighted by atomic mass is 35.5. The molecule has 0 bridgehead atoms. The van der Waals surface area contributed by atoms with Crippen LogP contribution < -0.4 is 5.32 Å². The predicted octanol–water partition coefficient (Wildman–Crippen LogP) is 2.43. The van der Waals surface area contributed by atoms with E-state index in [-0.39, 0.29) is 17.8 Å². The molecular formula is C12H13ClFNO2. The molecule has 1 aromatic carbocycles. The summed E-state index contributed by atoms with van der Waals surface area (Å²) in [4.78, 5) is 10.6. The number of aliphatic carboxylic acids is 1. The summed E-state index contributed by atoms with van der Waals surface area (Å²) in [6.07, 6.45) is 1.22. The molecule has 1 aromatic rings. The molecule has 2 N–H and O–H groups in total. The Bertz CT molecular complexity index is 433. The first-order valence-electron chi connectivity index (χ1n) is 5.46.